The first-order valence-electron chi connectivity index (χ1n) is 6.57. The lowest BCUT2D eigenvalue weighted by Gasteiger charge is -2.21. The first-order valence-corrected chi connectivity index (χ1v) is 6.57. The molecule has 1 fully saturated rings. The van der Waals surface area contributed by atoms with Crippen molar-refractivity contribution in [3.05, 3.63) is 17.5 Å². The first kappa shape index (κ1) is 13.1. The lowest BCUT2D eigenvalue weighted by molar-refractivity contribution is -0.135. The molecule has 1 aromatic rings. The number of hydrogen-bond donors (Lipinski definition) is 1. The van der Waals surface area contributed by atoms with Crippen molar-refractivity contribution in [2.24, 2.45) is 0 Å². The highest BCUT2D eigenvalue weighted by molar-refractivity contribution is 5.80. The van der Waals surface area contributed by atoms with Gasteiger partial charge in [-0.1, -0.05) is 0 Å². The third-order valence-corrected chi connectivity index (χ3v) is 3.20. The molecule has 1 aromatic heterocycles. The minimum Gasteiger partial charge on any atom is -0.368 e. The summed E-state index contributed by atoms with van der Waals surface area (Å²) >= 11 is 0. The number of hydrogen-bond acceptors (Lipinski definition) is 3. The fourth-order valence-electron chi connectivity index (χ4n) is 2.25. The van der Waals surface area contributed by atoms with Crippen LogP contribution in [-0.2, 0) is 16.1 Å². The molecule has 0 aromatic carbocycles. The lowest BCUT2D eigenvalue weighted by Crippen LogP contribution is -2.39. The Balaban J connectivity index is 1.74. The van der Waals surface area contributed by atoms with Crippen molar-refractivity contribution >= 4 is 5.91 Å². The number of carbonyl (C=O) groups excluding carboxylic acids is 1. The Hall–Kier alpha value is -1.36. The zero-order valence-corrected chi connectivity index (χ0v) is 11.1. The fourth-order valence-corrected chi connectivity index (χ4v) is 2.25. The van der Waals surface area contributed by atoms with Gasteiger partial charge >= 0.3 is 0 Å². The van der Waals surface area contributed by atoms with Gasteiger partial charge in [0.25, 0.3) is 0 Å². The van der Waals surface area contributed by atoms with Crippen molar-refractivity contribution in [1.29, 1.82) is 0 Å². The van der Waals surface area contributed by atoms with E-state index in [0.717, 1.165) is 30.7 Å². The maximum atomic E-state index is 11.8. The number of aryl methyl sites for hydroxylation is 2. The molecule has 1 N–H and O–H groups in total. The van der Waals surface area contributed by atoms with Gasteiger partial charge in [-0.2, -0.15) is 5.10 Å². The normalized spacial score (nSPS) is 19.8. The van der Waals surface area contributed by atoms with Gasteiger partial charge in [-0.15, -0.1) is 0 Å². The van der Waals surface area contributed by atoms with Crippen LogP contribution in [0, 0.1) is 13.8 Å². The molecule has 5 heteroatoms. The molecule has 0 saturated carbocycles. The highest BCUT2D eigenvalue weighted by Crippen LogP contribution is 2.12. The van der Waals surface area contributed by atoms with Gasteiger partial charge in [-0.3, -0.25) is 9.48 Å². The Morgan fingerprint density at radius 1 is 1.56 bits per heavy atom. The lowest BCUT2D eigenvalue weighted by atomic mass is 10.1. The van der Waals surface area contributed by atoms with E-state index >= 15 is 0 Å². The van der Waals surface area contributed by atoms with E-state index in [1.54, 1.807) is 0 Å². The maximum absolute atomic E-state index is 11.8. The topological polar surface area (TPSA) is 56.2 Å². The van der Waals surface area contributed by atoms with Crippen LogP contribution < -0.4 is 5.32 Å². The van der Waals surface area contributed by atoms with Crippen LogP contribution in [0.2, 0.25) is 0 Å². The van der Waals surface area contributed by atoms with Crippen LogP contribution in [0.4, 0.5) is 0 Å². The summed E-state index contributed by atoms with van der Waals surface area (Å²) in [4.78, 5) is 11.8. The van der Waals surface area contributed by atoms with E-state index in [9.17, 15) is 4.79 Å². The SMILES string of the molecule is Cc1cc(C)n(CCNC(=O)[C@H]2CCCCO2)n1. The van der Waals surface area contributed by atoms with Crippen molar-refractivity contribution in [3.63, 3.8) is 0 Å². The van der Waals surface area contributed by atoms with Crippen molar-refractivity contribution in [3.8, 4) is 0 Å². The van der Waals surface area contributed by atoms with E-state index in [-0.39, 0.29) is 12.0 Å². The van der Waals surface area contributed by atoms with Crippen LogP contribution in [0.5, 0.6) is 0 Å². The molecule has 2 rings (SSSR count). The summed E-state index contributed by atoms with van der Waals surface area (Å²) in [6.07, 6.45) is 2.73. The van der Waals surface area contributed by atoms with Crippen molar-refractivity contribution in [2.45, 2.75) is 45.8 Å². The molecule has 0 radical (unpaired) electrons. The second kappa shape index (κ2) is 6.00. The molecule has 0 unspecified atom stereocenters. The molecule has 1 saturated heterocycles. The Labute approximate surface area is 108 Å². The van der Waals surface area contributed by atoms with Crippen molar-refractivity contribution in [2.75, 3.05) is 13.2 Å². The minimum absolute atomic E-state index is 0.0104. The van der Waals surface area contributed by atoms with Gasteiger partial charge in [0.15, 0.2) is 0 Å². The van der Waals surface area contributed by atoms with Gasteiger partial charge in [-0.25, -0.2) is 0 Å². The highest BCUT2D eigenvalue weighted by Gasteiger charge is 2.21. The Bertz CT molecular complexity index is 408. The van der Waals surface area contributed by atoms with Gasteiger partial charge in [0, 0.05) is 18.8 Å². The quantitative estimate of drug-likeness (QED) is 0.874. The minimum atomic E-state index is -0.251. The van der Waals surface area contributed by atoms with E-state index < -0.39 is 0 Å². The van der Waals surface area contributed by atoms with Gasteiger partial charge in [0.1, 0.15) is 6.10 Å². The molecule has 100 valence electrons. The van der Waals surface area contributed by atoms with Crippen molar-refractivity contribution < 1.29 is 9.53 Å². The van der Waals surface area contributed by atoms with Gasteiger partial charge in [-0.05, 0) is 39.2 Å². The highest BCUT2D eigenvalue weighted by atomic mass is 16.5. The number of carbonyl (C=O) groups is 1. The summed E-state index contributed by atoms with van der Waals surface area (Å²) in [6.45, 7) is 6.00. The molecular formula is C13H21N3O2. The molecule has 1 amide bonds. The smallest absolute Gasteiger partial charge is 0.249 e. The molecule has 18 heavy (non-hydrogen) atoms. The van der Waals surface area contributed by atoms with Crippen molar-refractivity contribution in [1.82, 2.24) is 15.1 Å². The maximum Gasteiger partial charge on any atom is 0.249 e. The molecule has 0 bridgehead atoms. The number of aromatic nitrogens is 2. The zero-order valence-electron chi connectivity index (χ0n) is 11.1. The largest absolute Gasteiger partial charge is 0.368 e. The third-order valence-electron chi connectivity index (χ3n) is 3.20. The fraction of sp³-hybridized carbons (Fsp3) is 0.692. The monoisotopic (exact) mass is 251 g/mol. The summed E-state index contributed by atoms with van der Waals surface area (Å²) in [6, 6.07) is 2.03. The second-order valence-corrected chi connectivity index (χ2v) is 4.80. The molecule has 2 heterocycles. The average Bonchev–Trinajstić information content (AvgIpc) is 2.69. The van der Waals surface area contributed by atoms with Crippen LogP contribution in [0.1, 0.15) is 30.7 Å². The predicted octanol–water partition coefficient (Wildman–Crippen LogP) is 1.19. The Kier molecular flexibility index (Phi) is 4.36. The number of amides is 1. The van der Waals surface area contributed by atoms with Gasteiger partial charge in [0.2, 0.25) is 5.91 Å². The molecule has 1 atom stereocenters. The molecule has 1 aliphatic rings. The summed E-state index contributed by atoms with van der Waals surface area (Å²) < 4.78 is 7.35. The van der Waals surface area contributed by atoms with E-state index in [4.69, 9.17) is 4.74 Å². The molecule has 0 aliphatic carbocycles. The summed E-state index contributed by atoms with van der Waals surface area (Å²) in [5.41, 5.74) is 2.13. The first-order chi connectivity index (χ1) is 8.66. The number of rotatable bonds is 4. The standard InChI is InChI=1S/C13H21N3O2/c1-10-9-11(2)16(15-10)7-6-14-13(17)12-5-3-4-8-18-12/h9,12H,3-8H2,1-2H3,(H,14,17)/t12-/m1/s1. The van der Waals surface area contributed by atoms with E-state index in [1.807, 2.05) is 24.6 Å². The molecule has 0 spiro atoms. The van der Waals surface area contributed by atoms with Gasteiger partial charge in [0.05, 0.1) is 12.2 Å². The third kappa shape index (κ3) is 3.32. The zero-order chi connectivity index (χ0) is 13.0. The average molecular weight is 251 g/mol. The van der Waals surface area contributed by atoms with Crippen LogP contribution in [-0.4, -0.2) is 34.9 Å². The van der Waals surface area contributed by atoms with E-state index in [1.165, 1.54) is 0 Å². The second-order valence-electron chi connectivity index (χ2n) is 4.80. The van der Waals surface area contributed by atoms with Crippen LogP contribution >= 0.6 is 0 Å². The Morgan fingerprint density at radius 3 is 3.00 bits per heavy atom. The number of nitrogens with one attached hydrogen (secondary N) is 1. The summed E-state index contributed by atoms with van der Waals surface area (Å²) in [5.74, 6) is 0.0104. The molecule has 5 nitrogen and oxygen atoms in total. The van der Waals surface area contributed by atoms with Crippen LogP contribution in [0.15, 0.2) is 6.07 Å². The van der Waals surface area contributed by atoms with Crippen LogP contribution in [0.25, 0.3) is 0 Å². The van der Waals surface area contributed by atoms with E-state index in [0.29, 0.717) is 19.7 Å². The van der Waals surface area contributed by atoms with Gasteiger partial charge < -0.3 is 10.1 Å². The van der Waals surface area contributed by atoms with E-state index in [2.05, 4.69) is 10.4 Å². The molecule has 1 aliphatic heterocycles. The summed E-state index contributed by atoms with van der Waals surface area (Å²) in [5, 5.41) is 7.27. The van der Waals surface area contributed by atoms with Crippen LogP contribution in [0.3, 0.4) is 0 Å². The predicted molar refractivity (Wildman–Crippen MR) is 68.3 cm³/mol. The number of nitrogens with zero attached hydrogens (tertiary/aromatic N) is 2. The number of ether oxygens (including phenoxy) is 1. The Morgan fingerprint density at radius 2 is 2.39 bits per heavy atom. The summed E-state index contributed by atoms with van der Waals surface area (Å²) in [7, 11) is 0. The molecular weight excluding hydrogens is 230 g/mol.